The Hall–Kier alpha value is -4.26. The van der Waals surface area contributed by atoms with Crippen molar-refractivity contribution in [3.8, 4) is 5.75 Å². The van der Waals surface area contributed by atoms with Gasteiger partial charge in [-0.2, -0.15) is 5.10 Å². The van der Waals surface area contributed by atoms with Gasteiger partial charge in [0.25, 0.3) is 0 Å². The highest BCUT2D eigenvalue weighted by atomic mass is 16.5. The van der Waals surface area contributed by atoms with Gasteiger partial charge in [0.15, 0.2) is 0 Å². The van der Waals surface area contributed by atoms with Crippen LogP contribution in [0.5, 0.6) is 5.75 Å². The van der Waals surface area contributed by atoms with Crippen LogP contribution in [-0.4, -0.2) is 26.3 Å². The summed E-state index contributed by atoms with van der Waals surface area (Å²) in [7, 11) is 0. The molecule has 0 saturated carbocycles. The fraction of sp³-hybridized carbons (Fsp3) is 0.0435. The molecule has 0 radical (unpaired) electrons. The standard InChI is InChI=1S/C23H17N5O2/c29-23-22-21(19-8-4-5-9-20(19)25-22)26-27-28(23)24-14-16-10-12-18(13-11-16)30-15-17-6-2-1-3-7-17/h1-14,25H,15H2/b24-14+. The molecule has 7 nitrogen and oxygen atoms in total. The monoisotopic (exact) mass is 395 g/mol. The SMILES string of the molecule is O=c1c2[nH]c3ccccc3c2nnn1/N=C/c1ccc(OCc2ccccc2)cc1. The van der Waals surface area contributed by atoms with Gasteiger partial charge in [-0.25, -0.2) is 0 Å². The van der Waals surface area contributed by atoms with Gasteiger partial charge in [0.2, 0.25) is 0 Å². The number of nitrogens with one attached hydrogen (secondary N) is 1. The molecule has 0 atom stereocenters. The van der Waals surface area contributed by atoms with E-state index in [1.165, 1.54) is 0 Å². The normalized spacial score (nSPS) is 11.5. The predicted molar refractivity (Wildman–Crippen MR) is 116 cm³/mol. The van der Waals surface area contributed by atoms with Crippen LogP contribution in [0.15, 0.2) is 88.8 Å². The van der Waals surface area contributed by atoms with Crippen LogP contribution < -0.4 is 10.3 Å². The molecule has 0 aliphatic rings. The highest BCUT2D eigenvalue weighted by molar-refractivity contribution is 6.04. The van der Waals surface area contributed by atoms with Gasteiger partial charge in [-0.05, 0) is 46.7 Å². The number of nitrogens with zero attached hydrogens (tertiary/aromatic N) is 4. The van der Waals surface area contributed by atoms with Crippen LogP contribution in [0.3, 0.4) is 0 Å². The van der Waals surface area contributed by atoms with Crippen LogP contribution in [0.1, 0.15) is 11.1 Å². The van der Waals surface area contributed by atoms with Crippen molar-refractivity contribution in [2.24, 2.45) is 5.10 Å². The van der Waals surface area contributed by atoms with Crippen molar-refractivity contribution in [1.29, 1.82) is 0 Å². The maximum absolute atomic E-state index is 12.7. The summed E-state index contributed by atoms with van der Waals surface area (Å²) in [6.45, 7) is 0.504. The van der Waals surface area contributed by atoms with E-state index in [1.807, 2.05) is 78.9 Å². The molecule has 1 N–H and O–H groups in total. The lowest BCUT2D eigenvalue weighted by atomic mass is 10.2. The van der Waals surface area contributed by atoms with E-state index < -0.39 is 0 Å². The van der Waals surface area contributed by atoms with Gasteiger partial charge in [0.1, 0.15) is 23.4 Å². The van der Waals surface area contributed by atoms with E-state index in [0.717, 1.165) is 32.6 Å². The minimum Gasteiger partial charge on any atom is -0.489 e. The van der Waals surface area contributed by atoms with Crippen molar-refractivity contribution in [2.75, 3.05) is 0 Å². The van der Waals surface area contributed by atoms with Crippen molar-refractivity contribution in [3.63, 3.8) is 0 Å². The average molecular weight is 395 g/mol. The number of H-pyrrole nitrogens is 1. The molecule has 0 fully saturated rings. The lowest BCUT2D eigenvalue weighted by molar-refractivity contribution is 0.306. The maximum atomic E-state index is 12.7. The first-order valence-electron chi connectivity index (χ1n) is 9.45. The van der Waals surface area contributed by atoms with Crippen molar-refractivity contribution in [3.05, 3.63) is 100 Å². The molecule has 0 spiro atoms. The van der Waals surface area contributed by atoms with E-state index in [9.17, 15) is 4.79 Å². The second-order valence-corrected chi connectivity index (χ2v) is 6.77. The number of hydrogen-bond acceptors (Lipinski definition) is 5. The lowest BCUT2D eigenvalue weighted by Crippen LogP contribution is -2.20. The van der Waals surface area contributed by atoms with E-state index in [2.05, 4.69) is 20.4 Å². The summed E-state index contributed by atoms with van der Waals surface area (Å²) in [5.74, 6) is 0.757. The smallest absolute Gasteiger partial charge is 0.315 e. The molecule has 0 saturated heterocycles. The van der Waals surface area contributed by atoms with Gasteiger partial charge in [-0.15, -0.1) is 5.10 Å². The molecule has 5 rings (SSSR count). The summed E-state index contributed by atoms with van der Waals surface area (Å²) >= 11 is 0. The van der Waals surface area contributed by atoms with E-state index in [0.29, 0.717) is 17.6 Å². The second kappa shape index (κ2) is 7.63. The Morgan fingerprint density at radius 3 is 2.57 bits per heavy atom. The number of rotatable bonds is 5. The average Bonchev–Trinajstić information content (AvgIpc) is 3.18. The summed E-state index contributed by atoms with van der Waals surface area (Å²) in [6, 6.07) is 25.0. The first-order valence-corrected chi connectivity index (χ1v) is 9.45. The summed E-state index contributed by atoms with van der Waals surface area (Å²) in [5.41, 5.74) is 3.33. The number of aromatic amines is 1. The van der Waals surface area contributed by atoms with E-state index >= 15 is 0 Å². The van der Waals surface area contributed by atoms with E-state index in [1.54, 1.807) is 6.21 Å². The molecule has 0 bridgehead atoms. The van der Waals surface area contributed by atoms with Crippen LogP contribution in [0.4, 0.5) is 0 Å². The summed E-state index contributed by atoms with van der Waals surface area (Å²) < 4.78 is 5.78. The minimum absolute atomic E-state index is 0.352. The van der Waals surface area contributed by atoms with Gasteiger partial charge in [0.05, 0.1) is 6.21 Å². The van der Waals surface area contributed by atoms with Gasteiger partial charge in [-0.1, -0.05) is 53.3 Å². The number of fused-ring (bicyclic) bond motifs is 3. The Morgan fingerprint density at radius 1 is 0.967 bits per heavy atom. The molecule has 146 valence electrons. The molecular weight excluding hydrogens is 378 g/mol. The predicted octanol–water partition coefficient (Wildman–Crippen LogP) is 3.73. The molecule has 3 aromatic carbocycles. The quantitative estimate of drug-likeness (QED) is 0.460. The minimum atomic E-state index is -0.352. The number of ether oxygens (including phenoxy) is 1. The van der Waals surface area contributed by atoms with Crippen molar-refractivity contribution < 1.29 is 4.74 Å². The fourth-order valence-electron chi connectivity index (χ4n) is 3.20. The molecule has 0 unspecified atom stereocenters. The first kappa shape index (κ1) is 17.8. The Bertz CT molecular complexity index is 1400. The highest BCUT2D eigenvalue weighted by Crippen LogP contribution is 2.20. The van der Waals surface area contributed by atoms with Gasteiger partial charge in [-0.3, -0.25) is 4.79 Å². The number of para-hydroxylation sites is 1. The van der Waals surface area contributed by atoms with Gasteiger partial charge < -0.3 is 9.72 Å². The molecule has 2 aromatic heterocycles. The molecular formula is C23H17N5O2. The summed E-state index contributed by atoms with van der Waals surface area (Å²) in [5, 5.41) is 13.1. The largest absolute Gasteiger partial charge is 0.489 e. The lowest BCUT2D eigenvalue weighted by Gasteiger charge is -2.06. The van der Waals surface area contributed by atoms with Crippen molar-refractivity contribution in [2.45, 2.75) is 6.61 Å². The van der Waals surface area contributed by atoms with Gasteiger partial charge in [0, 0.05) is 10.9 Å². The van der Waals surface area contributed by atoms with Crippen LogP contribution in [0.25, 0.3) is 21.9 Å². The van der Waals surface area contributed by atoms with Crippen LogP contribution in [-0.2, 0) is 6.61 Å². The third-order valence-electron chi connectivity index (χ3n) is 4.75. The van der Waals surface area contributed by atoms with Crippen LogP contribution in [0.2, 0.25) is 0 Å². The van der Waals surface area contributed by atoms with Crippen LogP contribution >= 0.6 is 0 Å². The third-order valence-corrected chi connectivity index (χ3v) is 4.75. The topological polar surface area (TPSA) is 85.2 Å². The highest BCUT2D eigenvalue weighted by Gasteiger charge is 2.11. The zero-order chi connectivity index (χ0) is 20.3. The molecule has 30 heavy (non-hydrogen) atoms. The maximum Gasteiger partial charge on any atom is 0.315 e. The first-order chi connectivity index (χ1) is 14.8. The zero-order valence-electron chi connectivity index (χ0n) is 15.9. The molecule has 2 heterocycles. The fourth-order valence-corrected chi connectivity index (χ4v) is 3.20. The molecule has 7 heteroatoms. The third kappa shape index (κ3) is 3.44. The number of hydrogen-bond donors (Lipinski definition) is 1. The Kier molecular flexibility index (Phi) is 4.53. The Morgan fingerprint density at radius 2 is 1.73 bits per heavy atom. The van der Waals surface area contributed by atoms with Crippen molar-refractivity contribution in [1.82, 2.24) is 20.1 Å². The zero-order valence-corrected chi connectivity index (χ0v) is 15.9. The Labute approximate surface area is 171 Å². The van der Waals surface area contributed by atoms with Crippen molar-refractivity contribution >= 4 is 28.2 Å². The van der Waals surface area contributed by atoms with E-state index in [4.69, 9.17) is 4.74 Å². The molecule has 0 amide bonds. The van der Waals surface area contributed by atoms with Gasteiger partial charge >= 0.3 is 5.56 Å². The van der Waals surface area contributed by atoms with E-state index in [-0.39, 0.29) is 5.56 Å². The number of benzene rings is 3. The molecule has 0 aliphatic carbocycles. The Balaban J connectivity index is 1.34. The molecule has 0 aliphatic heterocycles. The molecule has 5 aromatic rings. The summed E-state index contributed by atoms with van der Waals surface area (Å²) in [4.78, 5) is 16.8. The number of aromatic nitrogens is 4. The summed E-state index contributed by atoms with van der Waals surface area (Å²) in [6.07, 6.45) is 1.56. The van der Waals surface area contributed by atoms with Crippen LogP contribution in [0, 0.1) is 0 Å². The second-order valence-electron chi connectivity index (χ2n) is 6.77.